The average molecular weight is 817 g/mol. The van der Waals surface area contributed by atoms with Crippen LogP contribution in [0, 0.1) is 32.5 Å². The predicted octanol–water partition coefficient (Wildman–Crippen LogP) is 2.56. The van der Waals surface area contributed by atoms with Crippen LogP contribution in [0.15, 0.2) is 36.4 Å². The Hall–Kier alpha value is -5.34. The molecule has 318 valence electrons. The van der Waals surface area contributed by atoms with E-state index >= 15 is 0 Å². The number of aryl methyl sites for hydroxylation is 3. The highest BCUT2D eigenvalue weighted by Crippen LogP contribution is 2.29. The number of ether oxygens (including phenoxy) is 1. The maximum Gasteiger partial charge on any atom is 0.329 e. The third-order valence-electron chi connectivity index (χ3n) is 12.0. The molecule has 4 saturated heterocycles. The molecule has 0 aliphatic carbocycles. The third kappa shape index (κ3) is 9.93. The largest absolute Gasteiger partial charge is 0.458 e. The summed E-state index contributed by atoms with van der Waals surface area (Å²) in [5.41, 5.74) is 3.43. The zero-order valence-electron chi connectivity index (χ0n) is 34.8. The number of piperidine rings is 1. The highest BCUT2D eigenvalue weighted by molar-refractivity contribution is 5.98. The molecule has 0 aromatic heterocycles. The molecule has 4 aliphatic heterocycles. The number of nitrogens with one attached hydrogen (secondary N) is 3. The van der Waals surface area contributed by atoms with Gasteiger partial charge >= 0.3 is 5.97 Å². The van der Waals surface area contributed by atoms with Crippen molar-refractivity contribution in [2.75, 3.05) is 19.6 Å². The Balaban J connectivity index is 1.34. The van der Waals surface area contributed by atoms with E-state index in [4.69, 9.17) is 4.74 Å². The Labute approximate surface area is 344 Å². The summed E-state index contributed by atoms with van der Waals surface area (Å²) >= 11 is 0. The van der Waals surface area contributed by atoms with Gasteiger partial charge in [0.1, 0.15) is 48.2 Å². The van der Waals surface area contributed by atoms with Gasteiger partial charge in [-0.05, 0) is 102 Å². The molecule has 0 radical (unpaired) electrons. The van der Waals surface area contributed by atoms with Crippen molar-refractivity contribution in [3.05, 3.63) is 70.0 Å². The molecular formula is C44H57FN6O8. The number of nitrogens with zero attached hydrogens (tertiary/aromatic N) is 3. The fourth-order valence-electron chi connectivity index (χ4n) is 9.07. The Bertz CT molecular complexity index is 1970. The van der Waals surface area contributed by atoms with Gasteiger partial charge in [-0.2, -0.15) is 0 Å². The van der Waals surface area contributed by atoms with E-state index in [1.807, 2.05) is 39.0 Å². The molecule has 6 amide bonds. The summed E-state index contributed by atoms with van der Waals surface area (Å²) in [5, 5.41) is 8.34. The monoisotopic (exact) mass is 816 g/mol. The van der Waals surface area contributed by atoms with Crippen molar-refractivity contribution >= 4 is 41.4 Å². The van der Waals surface area contributed by atoms with Gasteiger partial charge in [0.15, 0.2) is 0 Å². The first-order chi connectivity index (χ1) is 28.0. The number of rotatable bonds is 7. The molecule has 0 saturated carbocycles. The van der Waals surface area contributed by atoms with Crippen LogP contribution in [0.5, 0.6) is 0 Å². The van der Waals surface area contributed by atoms with Crippen molar-refractivity contribution in [1.82, 2.24) is 30.7 Å². The molecule has 0 unspecified atom stereocenters. The summed E-state index contributed by atoms with van der Waals surface area (Å²) in [6.45, 7) is 11.2. The quantitative estimate of drug-likeness (QED) is 0.358. The minimum atomic E-state index is -1.51. The Kier molecular flexibility index (Phi) is 13.4. The highest BCUT2D eigenvalue weighted by atomic mass is 19.1. The van der Waals surface area contributed by atoms with Crippen LogP contribution in [0.1, 0.15) is 87.1 Å². The topological polar surface area (TPSA) is 175 Å². The summed E-state index contributed by atoms with van der Waals surface area (Å²) in [6.07, 6.45) is 1.20. The lowest BCUT2D eigenvalue weighted by Crippen LogP contribution is -2.63. The van der Waals surface area contributed by atoms with Crippen molar-refractivity contribution < 1.29 is 42.7 Å². The van der Waals surface area contributed by atoms with Crippen LogP contribution < -0.4 is 16.0 Å². The first-order valence-corrected chi connectivity index (χ1v) is 20.8. The number of amides is 6. The van der Waals surface area contributed by atoms with Crippen LogP contribution in [0.2, 0.25) is 0 Å². The SMILES string of the molecule is Cc1cc(C)cc(C[C@H](NC(=O)Cc2ccc(C)cc2F)C(=O)N[C@@H]2C(=O)N3CCC[C@H]3C(=O)N3CCCC[C@H]3C(=O)N[C@@H](C)C(=O)N3C[C@H](C)C[C@H]3C(=O)O[C@H]2C)c1. The molecule has 3 N–H and O–H groups in total. The van der Waals surface area contributed by atoms with Gasteiger partial charge in [-0.15, -0.1) is 0 Å². The minimum absolute atomic E-state index is 0.0179. The number of halogens is 1. The van der Waals surface area contributed by atoms with Crippen molar-refractivity contribution in [1.29, 1.82) is 0 Å². The molecule has 0 spiro atoms. The summed E-state index contributed by atoms with van der Waals surface area (Å²) in [6, 6.07) is 3.70. The second kappa shape index (κ2) is 18.3. The van der Waals surface area contributed by atoms with E-state index < -0.39 is 89.6 Å². The number of hydrogen-bond acceptors (Lipinski definition) is 8. The van der Waals surface area contributed by atoms with Gasteiger partial charge < -0.3 is 35.4 Å². The van der Waals surface area contributed by atoms with Crippen molar-refractivity contribution in [3.8, 4) is 0 Å². The maximum absolute atomic E-state index is 14.8. The van der Waals surface area contributed by atoms with Gasteiger partial charge in [0.25, 0.3) is 0 Å². The molecule has 59 heavy (non-hydrogen) atoms. The van der Waals surface area contributed by atoms with Gasteiger partial charge in [0.05, 0.1) is 6.42 Å². The Morgan fingerprint density at radius 1 is 0.814 bits per heavy atom. The predicted molar refractivity (Wildman–Crippen MR) is 215 cm³/mol. The van der Waals surface area contributed by atoms with E-state index in [2.05, 4.69) is 16.0 Å². The first kappa shape index (κ1) is 43.2. The number of fused-ring (bicyclic) bond motifs is 3. The van der Waals surface area contributed by atoms with Crippen molar-refractivity contribution in [2.45, 2.75) is 135 Å². The van der Waals surface area contributed by atoms with E-state index in [1.54, 1.807) is 19.9 Å². The minimum Gasteiger partial charge on any atom is -0.458 e. The van der Waals surface area contributed by atoms with E-state index in [-0.39, 0.29) is 43.8 Å². The van der Waals surface area contributed by atoms with Crippen LogP contribution in [0.4, 0.5) is 4.39 Å². The zero-order chi connectivity index (χ0) is 42.7. The standard InChI is InChI=1S/C44H57FN6O8/c1-24-12-13-31(32(45)19-24)22-37(52)47-33(21-30-17-25(2)16-26(3)18-30)39(53)48-38-29(6)59-44(58)36-20-27(4)23-51(36)41(55)28(5)46-40(54)34-10-7-8-14-49(34)42(56)35-11-9-15-50(35)43(38)57/h12-13,16-19,27-29,33-36,38H,7-11,14-15,20-23H2,1-6H3,(H,46,54)(H,47,52)(H,48,53)/t27-,28+,29+,33+,34+,35+,36+,38+/m1/s1. The lowest BCUT2D eigenvalue weighted by atomic mass is 9.98. The molecule has 8 atom stereocenters. The molecule has 2 aromatic carbocycles. The Morgan fingerprint density at radius 3 is 2.20 bits per heavy atom. The number of hydrogen-bond donors (Lipinski definition) is 3. The van der Waals surface area contributed by atoms with E-state index in [0.717, 1.165) is 16.7 Å². The van der Waals surface area contributed by atoms with E-state index in [1.165, 1.54) is 33.8 Å². The molecule has 4 aliphatic rings. The number of esters is 1. The average Bonchev–Trinajstić information content (AvgIpc) is 3.83. The Morgan fingerprint density at radius 2 is 1.49 bits per heavy atom. The molecule has 4 heterocycles. The molecule has 4 fully saturated rings. The lowest BCUT2D eigenvalue weighted by molar-refractivity contribution is -0.163. The first-order valence-electron chi connectivity index (χ1n) is 20.8. The zero-order valence-corrected chi connectivity index (χ0v) is 34.8. The number of cyclic esters (lactones) is 1. The van der Waals surface area contributed by atoms with Gasteiger partial charge in [-0.1, -0.05) is 48.4 Å². The van der Waals surface area contributed by atoms with Gasteiger partial charge in [0, 0.05) is 26.1 Å². The molecule has 14 nitrogen and oxygen atoms in total. The van der Waals surface area contributed by atoms with Crippen LogP contribution in [-0.4, -0.2) is 118 Å². The second-order valence-corrected chi connectivity index (χ2v) is 17.0. The summed E-state index contributed by atoms with van der Waals surface area (Å²) in [4.78, 5) is 103. The van der Waals surface area contributed by atoms with Crippen LogP contribution in [-0.2, 0) is 51.1 Å². The van der Waals surface area contributed by atoms with Crippen LogP contribution in [0.3, 0.4) is 0 Å². The molecular weight excluding hydrogens is 760 g/mol. The van der Waals surface area contributed by atoms with Gasteiger partial charge in [-0.25, -0.2) is 9.18 Å². The fraction of sp³-hybridized carbons (Fsp3) is 0.568. The van der Waals surface area contributed by atoms with E-state index in [0.29, 0.717) is 44.2 Å². The van der Waals surface area contributed by atoms with Crippen LogP contribution in [0.25, 0.3) is 0 Å². The highest BCUT2D eigenvalue weighted by Gasteiger charge is 2.47. The van der Waals surface area contributed by atoms with E-state index in [9.17, 15) is 38.0 Å². The fourth-order valence-corrected chi connectivity index (χ4v) is 9.07. The lowest BCUT2D eigenvalue weighted by Gasteiger charge is -2.39. The summed E-state index contributed by atoms with van der Waals surface area (Å²) < 4.78 is 20.8. The van der Waals surface area contributed by atoms with Gasteiger partial charge in [0.2, 0.25) is 35.4 Å². The summed E-state index contributed by atoms with van der Waals surface area (Å²) in [5.74, 6) is -4.82. The number of benzene rings is 2. The second-order valence-electron chi connectivity index (χ2n) is 17.0. The molecule has 0 bridgehead atoms. The normalized spacial score (nSPS) is 27.3. The smallest absolute Gasteiger partial charge is 0.329 e. The van der Waals surface area contributed by atoms with Gasteiger partial charge in [-0.3, -0.25) is 28.8 Å². The van der Waals surface area contributed by atoms with Crippen molar-refractivity contribution in [2.24, 2.45) is 5.92 Å². The van der Waals surface area contributed by atoms with Crippen LogP contribution >= 0.6 is 0 Å². The number of carbonyl (C=O) groups is 7. The maximum atomic E-state index is 14.8. The molecule has 2 aromatic rings. The summed E-state index contributed by atoms with van der Waals surface area (Å²) in [7, 11) is 0. The third-order valence-corrected chi connectivity index (χ3v) is 12.0. The molecule has 6 rings (SSSR count). The van der Waals surface area contributed by atoms with Crippen molar-refractivity contribution in [3.63, 3.8) is 0 Å². The molecule has 15 heteroatoms. The number of carbonyl (C=O) groups excluding carboxylic acids is 7.